The number of benzene rings is 1. The lowest BCUT2D eigenvalue weighted by atomic mass is 10.2. The molecule has 0 amide bonds. The molecule has 0 unspecified atom stereocenters. The van der Waals surface area contributed by atoms with Gasteiger partial charge in [0, 0.05) is 39.8 Å². The third kappa shape index (κ3) is 4.67. The first-order valence-electron chi connectivity index (χ1n) is 8.91. The molecule has 0 saturated carbocycles. The maximum Gasteiger partial charge on any atom is 0.243 e. The maximum atomic E-state index is 12.6. The van der Waals surface area contributed by atoms with Crippen LogP contribution in [-0.2, 0) is 23.1 Å². The van der Waals surface area contributed by atoms with Crippen molar-refractivity contribution in [1.29, 1.82) is 0 Å². The fourth-order valence-corrected chi connectivity index (χ4v) is 4.58. The fourth-order valence-electron chi connectivity index (χ4n) is 3.06. The Labute approximate surface area is 159 Å². The Hall–Kier alpha value is -2.39. The highest BCUT2D eigenvalue weighted by Crippen LogP contribution is 2.21. The second-order valence-corrected chi connectivity index (χ2v) is 8.44. The summed E-state index contributed by atoms with van der Waals surface area (Å²) in [5, 5.41) is 7.17. The maximum absolute atomic E-state index is 12.6. The lowest BCUT2D eigenvalue weighted by Gasteiger charge is -2.21. The zero-order valence-corrected chi connectivity index (χ0v) is 16.4. The Morgan fingerprint density at radius 1 is 1.26 bits per heavy atom. The average Bonchev–Trinajstić information content (AvgIpc) is 3.37. The molecule has 0 radical (unpaired) electrons. The first-order valence-corrected chi connectivity index (χ1v) is 10.3. The minimum Gasteiger partial charge on any atom is -0.364 e. The van der Waals surface area contributed by atoms with Crippen LogP contribution in [0.15, 0.2) is 51.0 Å². The molecule has 1 aliphatic rings. The molecule has 0 atom stereocenters. The van der Waals surface area contributed by atoms with Crippen LogP contribution in [0.1, 0.15) is 24.1 Å². The second kappa shape index (κ2) is 8.53. The number of nitrogens with zero attached hydrogens (tertiary/aromatic N) is 4. The molecule has 1 saturated heterocycles. The largest absolute Gasteiger partial charge is 0.364 e. The molecular weight excluding hydrogens is 366 g/mol. The van der Waals surface area contributed by atoms with E-state index in [1.165, 1.54) is 6.26 Å². The molecule has 9 heteroatoms. The van der Waals surface area contributed by atoms with Gasteiger partial charge in [0.05, 0.1) is 11.4 Å². The highest BCUT2D eigenvalue weighted by atomic mass is 32.2. The van der Waals surface area contributed by atoms with E-state index in [4.69, 9.17) is 4.52 Å². The molecule has 146 valence electrons. The highest BCUT2D eigenvalue weighted by Gasteiger charge is 2.26. The van der Waals surface area contributed by atoms with E-state index in [9.17, 15) is 8.42 Å². The smallest absolute Gasteiger partial charge is 0.243 e. The number of rotatable bonds is 6. The normalized spacial score (nSPS) is 15.9. The Kier molecular flexibility index (Phi) is 6.12. The number of aromatic nitrogens is 1. The Bertz CT molecular complexity index is 857. The summed E-state index contributed by atoms with van der Waals surface area (Å²) in [7, 11) is 0.259. The van der Waals surface area contributed by atoms with Crippen molar-refractivity contribution in [1.82, 2.24) is 19.7 Å². The summed E-state index contributed by atoms with van der Waals surface area (Å²) in [6.07, 6.45) is 3.40. The molecule has 1 fully saturated rings. The van der Waals surface area contributed by atoms with Crippen LogP contribution < -0.4 is 5.32 Å². The van der Waals surface area contributed by atoms with Gasteiger partial charge in [-0.15, -0.1) is 0 Å². The predicted octanol–water partition coefficient (Wildman–Crippen LogP) is 1.67. The molecule has 1 aromatic heterocycles. The van der Waals surface area contributed by atoms with Crippen molar-refractivity contribution >= 4 is 16.0 Å². The highest BCUT2D eigenvalue weighted by molar-refractivity contribution is 7.89. The summed E-state index contributed by atoms with van der Waals surface area (Å²) in [5.41, 5.74) is 1.79. The Balaban J connectivity index is 1.59. The van der Waals surface area contributed by atoms with Crippen molar-refractivity contribution in [2.75, 3.05) is 27.2 Å². The quantitative estimate of drug-likeness (QED) is 0.595. The number of hydrogen-bond donors (Lipinski definition) is 1. The van der Waals surface area contributed by atoms with E-state index < -0.39 is 10.0 Å². The molecule has 0 aliphatic carbocycles. The molecule has 2 heterocycles. The number of aliphatic imine (C=N–C) groups is 1. The predicted molar refractivity (Wildman–Crippen MR) is 103 cm³/mol. The first kappa shape index (κ1) is 19.4. The van der Waals surface area contributed by atoms with Crippen molar-refractivity contribution in [3.05, 3.63) is 47.9 Å². The summed E-state index contributed by atoms with van der Waals surface area (Å²) in [6.45, 7) is 2.34. The van der Waals surface area contributed by atoms with Crippen molar-refractivity contribution in [2.45, 2.75) is 30.8 Å². The summed E-state index contributed by atoms with van der Waals surface area (Å²) in [6, 6.07) is 8.82. The van der Waals surface area contributed by atoms with Gasteiger partial charge in [-0.1, -0.05) is 17.3 Å². The molecule has 2 aromatic rings. The van der Waals surface area contributed by atoms with Gasteiger partial charge in [0.2, 0.25) is 10.0 Å². The van der Waals surface area contributed by atoms with Crippen LogP contribution in [0.25, 0.3) is 0 Å². The van der Waals surface area contributed by atoms with Gasteiger partial charge in [-0.2, -0.15) is 4.31 Å². The Morgan fingerprint density at radius 2 is 1.96 bits per heavy atom. The molecule has 1 aromatic carbocycles. The number of guanidine groups is 1. The van der Waals surface area contributed by atoms with Crippen LogP contribution in [0.5, 0.6) is 0 Å². The van der Waals surface area contributed by atoms with Gasteiger partial charge in [0.15, 0.2) is 5.96 Å². The van der Waals surface area contributed by atoms with Crippen molar-refractivity contribution in [2.24, 2.45) is 4.99 Å². The molecule has 1 aliphatic heterocycles. The van der Waals surface area contributed by atoms with Crippen LogP contribution in [0.4, 0.5) is 0 Å². The van der Waals surface area contributed by atoms with Crippen molar-refractivity contribution in [3.8, 4) is 0 Å². The van der Waals surface area contributed by atoms with E-state index in [0.29, 0.717) is 37.0 Å². The minimum atomic E-state index is -3.37. The standard InChI is InChI=1S/C18H25N5O3S/c1-19-18(22(2)14-16-9-12-26-21-16)20-13-15-5-7-17(8-6-15)27(24,25)23-10-3-4-11-23/h5-9,12H,3-4,10-11,13-14H2,1-2H3,(H,19,20). The first-order chi connectivity index (χ1) is 13.0. The van der Waals surface area contributed by atoms with Crippen LogP contribution in [-0.4, -0.2) is 55.9 Å². The van der Waals surface area contributed by atoms with E-state index in [2.05, 4.69) is 15.5 Å². The molecule has 1 N–H and O–H groups in total. The molecule has 27 heavy (non-hydrogen) atoms. The second-order valence-electron chi connectivity index (χ2n) is 6.50. The van der Waals surface area contributed by atoms with Crippen molar-refractivity contribution in [3.63, 3.8) is 0 Å². The van der Waals surface area contributed by atoms with Crippen LogP contribution in [0.3, 0.4) is 0 Å². The van der Waals surface area contributed by atoms with E-state index in [1.54, 1.807) is 23.5 Å². The van der Waals surface area contributed by atoms with E-state index in [-0.39, 0.29) is 0 Å². The fraction of sp³-hybridized carbons (Fsp3) is 0.444. The molecule has 0 bridgehead atoms. The number of hydrogen-bond acceptors (Lipinski definition) is 5. The third-order valence-corrected chi connectivity index (χ3v) is 6.45. The van der Waals surface area contributed by atoms with Gasteiger partial charge in [0.1, 0.15) is 12.0 Å². The lowest BCUT2D eigenvalue weighted by molar-refractivity contribution is 0.391. The summed E-state index contributed by atoms with van der Waals surface area (Å²) in [5.74, 6) is 0.715. The average molecular weight is 391 g/mol. The van der Waals surface area contributed by atoms with Gasteiger partial charge in [-0.05, 0) is 30.5 Å². The van der Waals surface area contributed by atoms with E-state index >= 15 is 0 Å². The van der Waals surface area contributed by atoms with Crippen LogP contribution >= 0.6 is 0 Å². The molecule has 3 rings (SSSR count). The molecular formula is C18H25N5O3S. The lowest BCUT2D eigenvalue weighted by Crippen LogP contribution is -2.38. The summed E-state index contributed by atoms with van der Waals surface area (Å²) in [4.78, 5) is 6.55. The monoisotopic (exact) mass is 391 g/mol. The third-order valence-electron chi connectivity index (χ3n) is 4.54. The summed E-state index contributed by atoms with van der Waals surface area (Å²) < 4.78 is 31.5. The van der Waals surface area contributed by atoms with Gasteiger partial charge >= 0.3 is 0 Å². The van der Waals surface area contributed by atoms with E-state index in [1.807, 2.05) is 30.1 Å². The SMILES string of the molecule is CN=C(NCc1ccc(S(=O)(=O)N2CCCC2)cc1)N(C)Cc1ccon1. The summed E-state index contributed by atoms with van der Waals surface area (Å²) >= 11 is 0. The van der Waals surface area contributed by atoms with Gasteiger partial charge in [-0.3, -0.25) is 4.99 Å². The van der Waals surface area contributed by atoms with E-state index in [0.717, 1.165) is 24.1 Å². The zero-order chi connectivity index (χ0) is 19.3. The number of nitrogens with one attached hydrogen (secondary N) is 1. The van der Waals surface area contributed by atoms with Crippen LogP contribution in [0.2, 0.25) is 0 Å². The van der Waals surface area contributed by atoms with Crippen LogP contribution in [0, 0.1) is 0 Å². The Morgan fingerprint density at radius 3 is 2.56 bits per heavy atom. The van der Waals surface area contributed by atoms with Crippen molar-refractivity contribution < 1.29 is 12.9 Å². The number of sulfonamides is 1. The van der Waals surface area contributed by atoms with Gasteiger partial charge in [-0.25, -0.2) is 8.42 Å². The zero-order valence-electron chi connectivity index (χ0n) is 15.6. The minimum absolute atomic E-state index is 0.348. The molecule has 0 spiro atoms. The molecule has 8 nitrogen and oxygen atoms in total. The van der Waals surface area contributed by atoms with Gasteiger partial charge < -0.3 is 14.7 Å². The van der Waals surface area contributed by atoms with Gasteiger partial charge in [0.25, 0.3) is 0 Å². The topological polar surface area (TPSA) is 91.0 Å².